The first kappa shape index (κ1) is 12.6. The Balaban J connectivity index is 0. The van der Waals surface area contributed by atoms with E-state index in [1.807, 2.05) is 26.8 Å². The highest BCUT2D eigenvalue weighted by atomic mass is 14.6. The molecule has 0 rings (SSSR count). The van der Waals surface area contributed by atoms with Crippen LogP contribution < -0.4 is 0 Å². The minimum atomic E-state index is 1.10. The zero-order valence-electron chi connectivity index (χ0n) is 7.67. The second kappa shape index (κ2) is 11.7. The fourth-order valence-electron chi connectivity index (χ4n) is 0.290. The summed E-state index contributed by atoms with van der Waals surface area (Å²) >= 11 is 0. The summed E-state index contributed by atoms with van der Waals surface area (Å²) < 4.78 is 0. The summed E-state index contributed by atoms with van der Waals surface area (Å²) in [5, 5.41) is 0. The van der Waals surface area contributed by atoms with Crippen LogP contribution in [0.2, 0.25) is 0 Å². The standard InChI is InChI=1S/C8H11N.C2H6/c1-4-8(3)6-7-9-5-2;1-2/h4-7H,1-2H2,3H3;1-2H3/b8-6-,9-7?;. The van der Waals surface area contributed by atoms with Gasteiger partial charge >= 0.3 is 0 Å². The molecule has 0 saturated carbocycles. The minimum absolute atomic E-state index is 1.10. The second-order valence-electron chi connectivity index (χ2n) is 1.60. The van der Waals surface area contributed by atoms with E-state index in [0.29, 0.717) is 0 Å². The third-order valence-corrected chi connectivity index (χ3v) is 0.851. The first-order valence-corrected chi connectivity index (χ1v) is 3.74. The molecule has 0 heterocycles. The Hall–Kier alpha value is -1.11. The largest absolute Gasteiger partial charge is 0.265 e. The summed E-state index contributed by atoms with van der Waals surface area (Å²) in [5.74, 6) is 0. The van der Waals surface area contributed by atoms with E-state index in [1.165, 1.54) is 6.20 Å². The smallest absolute Gasteiger partial charge is 0.0270 e. The molecule has 0 unspecified atom stereocenters. The highest BCUT2D eigenvalue weighted by Gasteiger charge is 1.71. The molecule has 0 aliphatic carbocycles. The van der Waals surface area contributed by atoms with Crippen LogP contribution in [0.5, 0.6) is 0 Å². The van der Waals surface area contributed by atoms with Gasteiger partial charge in [0.05, 0.1) is 0 Å². The highest BCUT2D eigenvalue weighted by Crippen LogP contribution is 1.88. The van der Waals surface area contributed by atoms with Crippen molar-refractivity contribution in [3.8, 4) is 0 Å². The van der Waals surface area contributed by atoms with Crippen molar-refractivity contribution in [3.63, 3.8) is 0 Å². The Morgan fingerprint density at radius 2 is 1.82 bits per heavy atom. The van der Waals surface area contributed by atoms with Crippen molar-refractivity contribution in [2.45, 2.75) is 20.8 Å². The average molecular weight is 151 g/mol. The van der Waals surface area contributed by atoms with Crippen LogP contribution in [0.25, 0.3) is 0 Å². The summed E-state index contributed by atoms with van der Waals surface area (Å²) in [6.07, 6.45) is 6.82. The molecule has 0 aromatic heterocycles. The molecule has 0 saturated heterocycles. The van der Waals surface area contributed by atoms with E-state index in [0.717, 1.165) is 5.57 Å². The number of hydrogen-bond acceptors (Lipinski definition) is 1. The lowest BCUT2D eigenvalue weighted by Crippen LogP contribution is -1.67. The summed E-state index contributed by atoms with van der Waals surface area (Å²) in [7, 11) is 0. The normalized spacial score (nSPS) is 10.3. The molecule has 0 aromatic carbocycles. The fourth-order valence-corrected chi connectivity index (χ4v) is 0.290. The van der Waals surface area contributed by atoms with Crippen LogP contribution >= 0.6 is 0 Å². The average Bonchev–Trinajstić information content (AvgIpc) is 2.08. The Morgan fingerprint density at radius 3 is 2.18 bits per heavy atom. The second-order valence-corrected chi connectivity index (χ2v) is 1.60. The molecule has 1 nitrogen and oxygen atoms in total. The van der Waals surface area contributed by atoms with Gasteiger partial charge in [0.25, 0.3) is 0 Å². The van der Waals surface area contributed by atoms with Gasteiger partial charge in [0.1, 0.15) is 0 Å². The maximum absolute atomic E-state index is 3.77. The van der Waals surface area contributed by atoms with Crippen LogP contribution in [-0.2, 0) is 0 Å². The molecule has 1 heteroatoms. The maximum atomic E-state index is 3.77. The van der Waals surface area contributed by atoms with Gasteiger partial charge in [0.15, 0.2) is 0 Å². The van der Waals surface area contributed by atoms with Crippen molar-refractivity contribution in [1.29, 1.82) is 0 Å². The van der Waals surface area contributed by atoms with Crippen LogP contribution in [0.4, 0.5) is 0 Å². The lowest BCUT2D eigenvalue weighted by molar-refractivity contribution is 1.50. The zero-order chi connectivity index (χ0) is 9.11. The molecular formula is C10H17N. The molecule has 0 aliphatic rings. The number of aliphatic imine (C=N–C) groups is 1. The van der Waals surface area contributed by atoms with Crippen LogP contribution in [0.1, 0.15) is 20.8 Å². The van der Waals surface area contributed by atoms with Crippen LogP contribution in [-0.4, -0.2) is 6.21 Å². The van der Waals surface area contributed by atoms with E-state index in [1.54, 1.807) is 12.3 Å². The van der Waals surface area contributed by atoms with Crippen molar-refractivity contribution in [3.05, 3.63) is 37.1 Å². The van der Waals surface area contributed by atoms with Gasteiger partial charge < -0.3 is 0 Å². The van der Waals surface area contributed by atoms with Gasteiger partial charge in [-0.15, -0.1) is 0 Å². The third-order valence-electron chi connectivity index (χ3n) is 0.851. The van der Waals surface area contributed by atoms with Crippen LogP contribution in [0.3, 0.4) is 0 Å². The van der Waals surface area contributed by atoms with Gasteiger partial charge in [0.2, 0.25) is 0 Å². The molecule has 0 radical (unpaired) electrons. The van der Waals surface area contributed by atoms with E-state index in [2.05, 4.69) is 18.2 Å². The van der Waals surface area contributed by atoms with Gasteiger partial charge in [-0.25, -0.2) is 0 Å². The van der Waals surface area contributed by atoms with E-state index in [4.69, 9.17) is 0 Å². The van der Waals surface area contributed by atoms with Crippen molar-refractivity contribution in [1.82, 2.24) is 0 Å². The Bertz CT molecular complexity index is 152. The van der Waals surface area contributed by atoms with E-state index < -0.39 is 0 Å². The van der Waals surface area contributed by atoms with Gasteiger partial charge in [-0.1, -0.05) is 38.7 Å². The van der Waals surface area contributed by atoms with E-state index in [9.17, 15) is 0 Å². The molecule has 0 spiro atoms. The quantitative estimate of drug-likeness (QED) is 0.433. The van der Waals surface area contributed by atoms with Gasteiger partial charge in [0, 0.05) is 12.4 Å². The van der Waals surface area contributed by atoms with Crippen molar-refractivity contribution in [2.75, 3.05) is 0 Å². The highest BCUT2D eigenvalue weighted by molar-refractivity contribution is 5.73. The van der Waals surface area contributed by atoms with Crippen molar-refractivity contribution in [2.24, 2.45) is 4.99 Å². The molecule has 0 bridgehead atoms. The third kappa shape index (κ3) is 12.2. The summed E-state index contributed by atoms with van der Waals surface area (Å²) in [4.78, 5) is 3.77. The Morgan fingerprint density at radius 1 is 1.27 bits per heavy atom. The summed E-state index contributed by atoms with van der Waals surface area (Å²) in [6, 6.07) is 0. The molecule has 0 N–H and O–H groups in total. The molecule has 0 aliphatic heterocycles. The van der Waals surface area contributed by atoms with E-state index in [-0.39, 0.29) is 0 Å². The molecule has 0 atom stereocenters. The summed E-state index contributed by atoms with van der Waals surface area (Å²) in [5.41, 5.74) is 1.10. The molecule has 0 fully saturated rings. The maximum Gasteiger partial charge on any atom is 0.0270 e. The van der Waals surface area contributed by atoms with Crippen molar-refractivity contribution >= 4 is 6.21 Å². The zero-order valence-corrected chi connectivity index (χ0v) is 7.67. The van der Waals surface area contributed by atoms with Crippen LogP contribution in [0.15, 0.2) is 42.1 Å². The lowest BCUT2D eigenvalue weighted by Gasteiger charge is -1.81. The molecule has 62 valence electrons. The first-order chi connectivity index (χ1) is 5.31. The number of nitrogens with zero attached hydrogens (tertiary/aromatic N) is 1. The summed E-state index contributed by atoms with van der Waals surface area (Å²) in [6.45, 7) is 13.0. The minimum Gasteiger partial charge on any atom is -0.265 e. The van der Waals surface area contributed by atoms with Gasteiger partial charge in [-0.2, -0.15) is 0 Å². The van der Waals surface area contributed by atoms with Crippen LogP contribution in [0, 0.1) is 0 Å². The van der Waals surface area contributed by atoms with E-state index >= 15 is 0 Å². The monoisotopic (exact) mass is 151 g/mol. The number of allylic oxidation sites excluding steroid dienone is 3. The van der Waals surface area contributed by atoms with Gasteiger partial charge in [-0.05, 0) is 13.0 Å². The fraction of sp³-hybridized carbons (Fsp3) is 0.300. The molecular weight excluding hydrogens is 134 g/mol. The molecule has 0 amide bonds. The first-order valence-electron chi connectivity index (χ1n) is 3.74. The topological polar surface area (TPSA) is 12.4 Å². The van der Waals surface area contributed by atoms with Gasteiger partial charge in [-0.3, -0.25) is 4.99 Å². The number of rotatable bonds is 3. The SMILES string of the molecule is C=CN=C/C=C(/C)C=C.CC. The van der Waals surface area contributed by atoms with Crippen molar-refractivity contribution < 1.29 is 0 Å². The predicted molar refractivity (Wildman–Crippen MR) is 54.0 cm³/mol. The lowest BCUT2D eigenvalue weighted by atomic mass is 10.3. The predicted octanol–water partition coefficient (Wildman–Crippen LogP) is 3.36. The molecule has 0 aromatic rings. The Labute approximate surface area is 69.9 Å². The Kier molecular flexibility index (Phi) is 13.3. The molecule has 11 heavy (non-hydrogen) atoms. The number of hydrogen-bond donors (Lipinski definition) is 0.